The third-order valence-corrected chi connectivity index (χ3v) is 9.72. The first-order valence-electron chi connectivity index (χ1n) is 28.5. The molecule has 262 valence electrons. The molecule has 0 bridgehead atoms. The largest absolute Gasteiger partial charge is 0.309 e. The van der Waals surface area contributed by atoms with Crippen LogP contribution >= 0.6 is 0 Å². The fourth-order valence-corrected chi connectivity index (χ4v) is 7.24. The number of nitrogens with zero attached hydrogens (tertiary/aromatic N) is 2. The molecule has 0 saturated carbocycles. The maximum atomic E-state index is 9.67. The predicted octanol–water partition coefficient (Wildman–Crippen LogP) is 14.5. The highest BCUT2D eigenvalue weighted by Crippen LogP contribution is 2.39. The van der Waals surface area contributed by atoms with E-state index in [9.17, 15) is 4.11 Å². The molecule has 0 atom stereocenters. The van der Waals surface area contributed by atoms with Gasteiger partial charge in [-0.3, -0.25) is 0 Å². The molecular formula is C54H36N2. The van der Waals surface area contributed by atoms with Gasteiger partial charge in [-0.05, 0) is 105 Å². The second-order valence-electron chi connectivity index (χ2n) is 12.9. The van der Waals surface area contributed by atoms with Crippen molar-refractivity contribution < 1.29 is 30.2 Å². The van der Waals surface area contributed by atoms with Crippen molar-refractivity contribution in [3.63, 3.8) is 0 Å². The molecule has 0 N–H and O–H groups in total. The number of para-hydroxylation sites is 2. The third kappa shape index (κ3) is 5.34. The number of hydrogen-bond donors (Lipinski definition) is 0. The predicted molar refractivity (Wildman–Crippen MR) is 237 cm³/mol. The minimum absolute atomic E-state index is 0.144. The highest BCUT2D eigenvalue weighted by atomic mass is 15.0. The van der Waals surface area contributed by atoms with Crippen molar-refractivity contribution in [3.05, 3.63) is 218 Å². The van der Waals surface area contributed by atoms with Gasteiger partial charge in [-0.15, -0.1) is 0 Å². The average Bonchev–Trinajstić information content (AvgIpc) is 4.12. The number of benzene rings is 9. The van der Waals surface area contributed by atoms with Crippen molar-refractivity contribution in [1.82, 2.24) is 9.13 Å². The number of rotatable bonds is 6. The fraction of sp³-hybridized carbons (Fsp3) is 0. The topological polar surface area (TPSA) is 9.86 Å². The Morgan fingerprint density at radius 2 is 0.661 bits per heavy atom. The normalized spacial score (nSPS) is 17.1. The second kappa shape index (κ2) is 13.2. The van der Waals surface area contributed by atoms with E-state index in [2.05, 4.69) is 0 Å². The van der Waals surface area contributed by atoms with E-state index in [0.717, 1.165) is 0 Å². The van der Waals surface area contributed by atoms with Crippen molar-refractivity contribution in [2.24, 2.45) is 0 Å². The SMILES string of the molecule is [2H]c1c([2H])c([2H])c(-c2c([2H])c([2H])c(-c3c([2H])c([2H])c([2H])c(-n4c5ccccc5c5cc(-c6ccc7c(c6)c6ccccc6n7-c6c([2H])c([2H])c([2H])c(-c7c([2H])c([2H])c([2H])c([2H])c7[2H])c6[2H])ccc54)c3[2H])c([2H])c2[2H])c([2H])c1[2H]. The van der Waals surface area contributed by atoms with Gasteiger partial charge in [0, 0.05) is 32.9 Å². The van der Waals surface area contributed by atoms with Crippen LogP contribution in [0.1, 0.15) is 30.2 Å². The van der Waals surface area contributed by atoms with Crippen LogP contribution in [-0.4, -0.2) is 9.13 Å². The number of hydrogen-bond acceptors (Lipinski definition) is 0. The summed E-state index contributed by atoms with van der Waals surface area (Å²) in [6.45, 7) is 0. The average molecular weight is 735 g/mol. The van der Waals surface area contributed by atoms with Crippen LogP contribution < -0.4 is 0 Å². The lowest BCUT2D eigenvalue weighted by Gasteiger charge is -2.12. The zero-order valence-electron chi connectivity index (χ0n) is 51.0. The van der Waals surface area contributed by atoms with E-state index >= 15 is 0 Å². The molecule has 0 amide bonds. The van der Waals surface area contributed by atoms with E-state index in [1.807, 2.05) is 24.3 Å². The molecule has 2 heterocycles. The molecule has 0 aliphatic heterocycles. The minimum Gasteiger partial charge on any atom is -0.309 e. The van der Waals surface area contributed by atoms with Gasteiger partial charge in [0.2, 0.25) is 0 Å². The standard InChI is InChI=1S/C54H36N2/c1-3-13-37(14-4-1)39-25-27-40(28-26-39)42-18-12-20-46(34-42)56-52-24-10-8-22-48(52)50-36-44(30-32-54(50)56)43-29-31-53-49(35-43)47-21-7-9-23-51(47)55(53)45-19-11-17-41(33-45)38-15-5-2-6-16-38/h1-36H/i1D,2D,3D,4D,5D,6D,11D,12D,13D,14D,15D,16D,17D,18D,19D,20D,25D,26D,27D,28D,33D,34D. The molecule has 0 radical (unpaired) electrons. The number of aromatic nitrogens is 2. The van der Waals surface area contributed by atoms with Crippen molar-refractivity contribution >= 4 is 43.6 Å². The van der Waals surface area contributed by atoms with Gasteiger partial charge in [0.25, 0.3) is 0 Å². The Bertz CT molecular complexity index is 4450. The van der Waals surface area contributed by atoms with E-state index in [4.69, 9.17) is 26.0 Å². The molecule has 11 aromatic rings. The van der Waals surface area contributed by atoms with Crippen LogP contribution in [0.5, 0.6) is 0 Å². The first-order chi connectivity index (χ1) is 36.9. The highest BCUT2D eigenvalue weighted by molar-refractivity contribution is 6.12. The first kappa shape index (κ1) is 16.9. The molecular weight excluding hydrogens is 677 g/mol. The van der Waals surface area contributed by atoms with E-state index in [-0.39, 0.29) is 11.4 Å². The first-order valence-corrected chi connectivity index (χ1v) is 17.5. The van der Waals surface area contributed by atoms with Gasteiger partial charge in [-0.1, -0.05) is 157 Å². The lowest BCUT2D eigenvalue weighted by Crippen LogP contribution is -1.94. The Morgan fingerprint density at radius 1 is 0.286 bits per heavy atom. The maximum Gasteiger partial charge on any atom is 0.0651 e. The molecule has 0 unspecified atom stereocenters. The van der Waals surface area contributed by atoms with Crippen LogP contribution in [0, 0.1) is 0 Å². The molecule has 2 heteroatoms. The van der Waals surface area contributed by atoms with Crippen LogP contribution in [0.3, 0.4) is 0 Å². The van der Waals surface area contributed by atoms with Crippen molar-refractivity contribution in [2.75, 3.05) is 0 Å². The quantitative estimate of drug-likeness (QED) is 0.161. The molecule has 0 fully saturated rings. The molecule has 0 aliphatic rings. The summed E-state index contributed by atoms with van der Waals surface area (Å²) in [6.07, 6.45) is 0. The fourth-order valence-electron chi connectivity index (χ4n) is 7.24. The van der Waals surface area contributed by atoms with Gasteiger partial charge in [0.1, 0.15) is 0 Å². The summed E-state index contributed by atoms with van der Waals surface area (Å²) >= 11 is 0. The molecule has 9 aromatic carbocycles. The van der Waals surface area contributed by atoms with Gasteiger partial charge in [0.15, 0.2) is 0 Å². The molecule has 2 aromatic heterocycles. The van der Waals surface area contributed by atoms with E-state index in [1.54, 1.807) is 69.8 Å². The molecule has 11 rings (SSSR count). The van der Waals surface area contributed by atoms with E-state index < -0.39 is 166 Å². The summed E-state index contributed by atoms with van der Waals surface area (Å²) in [5, 5.41) is 2.59. The third-order valence-electron chi connectivity index (χ3n) is 9.72. The van der Waals surface area contributed by atoms with Gasteiger partial charge < -0.3 is 9.13 Å². The van der Waals surface area contributed by atoms with Gasteiger partial charge in [-0.25, -0.2) is 0 Å². The Morgan fingerprint density at radius 3 is 1.14 bits per heavy atom. The molecule has 56 heavy (non-hydrogen) atoms. The maximum absolute atomic E-state index is 9.67. The lowest BCUT2D eigenvalue weighted by molar-refractivity contribution is 1.18. The van der Waals surface area contributed by atoms with Crippen LogP contribution in [0.25, 0.3) is 99.5 Å². The summed E-state index contributed by atoms with van der Waals surface area (Å²) in [7, 11) is 0. The summed E-state index contributed by atoms with van der Waals surface area (Å²) in [4.78, 5) is 0. The Kier molecular flexibility index (Phi) is 3.98. The summed E-state index contributed by atoms with van der Waals surface area (Å²) in [5.74, 6) is 0. The zero-order valence-corrected chi connectivity index (χ0v) is 29.0. The lowest BCUT2D eigenvalue weighted by atomic mass is 10.00. The van der Waals surface area contributed by atoms with Crippen molar-refractivity contribution in [2.45, 2.75) is 0 Å². The summed E-state index contributed by atoms with van der Waals surface area (Å²) < 4.78 is 196. The van der Waals surface area contributed by atoms with E-state index in [0.29, 0.717) is 54.7 Å². The van der Waals surface area contributed by atoms with Gasteiger partial charge >= 0.3 is 0 Å². The smallest absolute Gasteiger partial charge is 0.0651 e. The Balaban J connectivity index is 1.09. The van der Waals surface area contributed by atoms with Gasteiger partial charge in [-0.2, -0.15) is 0 Å². The number of fused-ring (bicyclic) bond motifs is 6. The van der Waals surface area contributed by atoms with E-state index in [1.165, 1.54) is 0 Å². The van der Waals surface area contributed by atoms with Crippen molar-refractivity contribution in [1.29, 1.82) is 0 Å². The monoisotopic (exact) mass is 734 g/mol. The Labute approximate surface area is 356 Å². The molecule has 2 nitrogen and oxygen atoms in total. The summed E-state index contributed by atoms with van der Waals surface area (Å²) in [6, 6.07) is 10.0. The van der Waals surface area contributed by atoms with Crippen LogP contribution in [0.2, 0.25) is 0 Å². The van der Waals surface area contributed by atoms with Crippen LogP contribution in [-0.2, 0) is 0 Å². The molecule has 0 aliphatic carbocycles. The Hall–Kier alpha value is -7.42. The van der Waals surface area contributed by atoms with Crippen LogP contribution in [0.4, 0.5) is 0 Å². The minimum atomic E-state index is -0.813. The van der Waals surface area contributed by atoms with Gasteiger partial charge in [0.05, 0.1) is 52.2 Å². The molecule has 0 saturated heterocycles. The second-order valence-corrected chi connectivity index (χ2v) is 12.9. The van der Waals surface area contributed by atoms with Crippen LogP contribution in [0.15, 0.2) is 218 Å². The highest BCUT2D eigenvalue weighted by Gasteiger charge is 2.17. The zero-order chi connectivity index (χ0) is 56.1. The summed E-state index contributed by atoms with van der Waals surface area (Å²) in [5.41, 5.74) is -0.120. The molecule has 0 spiro atoms. The van der Waals surface area contributed by atoms with Crippen molar-refractivity contribution in [3.8, 4) is 55.9 Å².